The molecule has 0 aromatic carbocycles. The van der Waals surface area contributed by atoms with Gasteiger partial charge in [-0.25, -0.2) is 9.50 Å². The van der Waals surface area contributed by atoms with Crippen LogP contribution in [0.4, 0.5) is 5.13 Å². The lowest BCUT2D eigenvalue weighted by molar-refractivity contribution is 0.572. The van der Waals surface area contributed by atoms with Crippen molar-refractivity contribution in [1.82, 2.24) is 24.4 Å². The van der Waals surface area contributed by atoms with Crippen LogP contribution in [0, 0.1) is 0 Å². The maximum atomic E-state index is 4.71. The standard InChI is InChI=1S/C15H22N6S/c1-6-20(9-11-7-16-19(5)8-11)14-18-21-10-12(15(2,3)4)17-13(21)22-14/h7-8,10H,6,9H2,1-5H3. The van der Waals surface area contributed by atoms with Crippen molar-refractivity contribution >= 4 is 21.4 Å². The molecule has 0 amide bonds. The van der Waals surface area contributed by atoms with E-state index in [1.54, 1.807) is 11.3 Å². The van der Waals surface area contributed by atoms with Gasteiger partial charge in [0.2, 0.25) is 10.1 Å². The summed E-state index contributed by atoms with van der Waals surface area (Å²) in [5.41, 5.74) is 2.31. The van der Waals surface area contributed by atoms with Crippen molar-refractivity contribution in [3.63, 3.8) is 0 Å². The molecule has 6 nitrogen and oxygen atoms in total. The summed E-state index contributed by atoms with van der Waals surface area (Å²) in [5.74, 6) is 0. The van der Waals surface area contributed by atoms with Gasteiger partial charge in [-0.05, 0) is 6.92 Å². The molecule has 0 saturated heterocycles. The van der Waals surface area contributed by atoms with Crippen LogP contribution in [-0.2, 0) is 19.0 Å². The van der Waals surface area contributed by atoms with Crippen LogP contribution in [0.1, 0.15) is 39.0 Å². The number of rotatable bonds is 4. The fourth-order valence-electron chi connectivity index (χ4n) is 2.27. The summed E-state index contributed by atoms with van der Waals surface area (Å²) < 4.78 is 3.72. The number of aryl methyl sites for hydroxylation is 1. The Hall–Kier alpha value is -1.89. The maximum Gasteiger partial charge on any atom is 0.214 e. The summed E-state index contributed by atoms with van der Waals surface area (Å²) in [4.78, 5) is 7.90. The van der Waals surface area contributed by atoms with E-state index in [1.807, 2.05) is 34.8 Å². The minimum atomic E-state index is 0.0493. The molecule has 0 aliphatic heterocycles. The highest BCUT2D eigenvalue weighted by Gasteiger charge is 2.20. The molecule has 0 aliphatic carbocycles. The molecule has 22 heavy (non-hydrogen) atoms. The first kappa shape index (κ1) is 15.0. The van der Waals surface area contributed by atoms with E-state index in [4.69, 9.17) is 10.1 Å². The maximum absolute atomic E-state index is 4.71. The quantitative estimate of drug-likeness (QED) is 0.742. The Labute approximate surface area is 134 Å². The van der Waals surface area contributed by atoms with Crippen LogP contribution in [0.5, 0.6) is 0 Å². The highest BCUT2D eigenvalue weighted by molar-refractivity contribution is 7.20. The SMILES string of the molecule is CCN(Cc1cnn(C)c1)c1nn2cc(C(C)(C)C)nc2s1. The predicted molar refractivity (Wildman–Crippen MR) is 89.5 cm³/mol. The molecule has 3 aromatic rings. The Morgan fingerprint density at radius 1 is 1.27 bits per heavy atom. The lowest BCUT2D eigenvalue weighted by Crippen LogP contribution is -2.21. The second-order valence-electron chi connectivity index (χ2n) is 6.52. The molecule has 0 fully saturated rings. The largest absolute Gasteiger partial charge is 0.342 e. The van der Waals surface area contributed by atoms with E-state index in [-0.39, 0.29) is 5.41 Å². The van der Waals surface area contributed by atoms with Crippen molar-refractivity contribution in [2.75, 3.05) is 11.4 Å². The normalized spacial score (nSPS) is 12.2. The van der Waals surface area contributed by atoms with Crippen molar-refractivity contribution in [3.8, 4) is 0 Å². The van der Waals surface area contributed by atoms with Gasteiger partial charge in [-0.1, -0.05) is 32.1 Å². The molecule has 0 radical (unpaired) electrons. The predicted octanol–water partition coefficient (Wildman–Crippen LogP) is 2.85. The van der Waals surface area contributed by atoms with Gasteiger partial charge in [-0.15, -0.1) is 5.10 Å². The fraction of sp³-hybridized carbons (Fsp3) is 0.533. The second-order valence-corrected chi connectivity index (χ2v) is 7.46. The lowest BCUT2D eigenvalue weighted by Gasteiger charge is -2.18. The molecule has 3 aromatic heterocycles. The molecule has 0 spiro atoms. The summed E-state index contributed by atoms with van der Waals surface area (Å²) in [6.45, 7) is 10.4. The Balaban J connectivity index is 1.86. The highest BCUT2D eigenvalue weighted by Crippen LogP contribution is 2.28. The van der Waals surface area contributed by atoms with Crippen LogP contribution in [0.2, 0.25) is 0 Å². The van der Waals surface area contributed by atoms with Gasteiger partial charge in [0.1, 0.15) is 0 Å². The Kier molecular flexibility index (Phi) is 3.68. The second kappa shape index (κ2) is 5.39. The minimum absolute atomic E-state index is 0.0493. The third-order valence-electron chi connectivity index (χ3n) is 3.58. The Morgan fingerprint density at radius 3 is 2.59 bits per heavy atom. The van der Waals surface area contributed by atoms with Gasteiger partial charge in [0, 0.05) is 37.3 Å². The zero-order chi connectivity index (χ0) is 15.9. The van der Waals surface area contributed by atoms with Crippen LogP contribution >= 0.6 is 11.3 Å². The number of hydrogen-bond donors (Lipinski definition) is 0. The summed E-state index contributed by atoms with van der Waals surface area (Å²) in [5, 5.41) is 9.91. The van der Waals surface area contributed by atoms with E-state index < -0.39 is 0 Å². The highest BCUT2D eigenvalue weighted by atomic mass is 32.1. The van der Waals surface area contributed by atoms with Gasteiger partial charge in [0.25, 0.3) is 0 Å². The van der Waals surface area contributed by atoms with E-state index in [1.165, 1.54) is 5.56 Å². The summed E-state index contributed by atoms with van der Waals surface area (Å²) in [7, 11) is 1.94. The molecule has 0 saturated carbocycles. The molecule has 0 N–H and O–H groups in total. The molecule has 0 aliphatic rings. The number of aromatic nitrogens is 5. The number of anilines is 1. The molecule has 0 atom stereocenters. The van der Waals surface area contributed by atoms with Gasteiger partial charge < -0.3 is 4.90 Å². The van der Waals surface area contributed by atoms with Crippen molar-refractivity contribution in [2.45, 2.75) is 39.7 Å². The third-order valence-corrected chi connectivity index (χ3v) is 4.57. The number of imidazole rings is 1. The molecular formula is C15H22N6S. The van der Waals surface area contributed by atoms with E-state index in [2.05, 4.69) is 37.7 Å². The van der Waals surface area contributed by atoms with Crippen molar-refractivity contribution in [3.05, 3.63) is 29.8 Å². The molecule has 0 unspecified atom stereocenters. The number of nitrogens with zero attached hydrogens (tertiary/aromatic N) is 6. The van der Waals surface area contributed by atoms with Crippen LogP contribution < -0.4 is 4.90 Å². The first-order valence-corrected chi connectivity index (χ1v) is 8.27. The zero-order valence-electron chi connectivity index (χ0n) is 13.7. The first-order chi connectivity index (χ1) is 10.4. The molecule has 0 bridgehead atoms. The molecule has 118 valence electrons. The monoisotopic (exact) mass is 318 g/mol. The lowest BCUT2D eigenvalue weighted by atomic mass is 9.93. The van der Waals surface area contributed by atoms with Crippen molar-refractivity contribution < 1.29 is 0 Å². The zero-order valence-corrected chi connectivity index (χ0v) is 14.6. The topological polar surface area (TPSA) is 51.2 Å². The van der Waals surface area contributed by atoms with Crippen LogP contribution in [0.3, 0.4) is 0 Å². The van der Waals surface area contributed by atoms with E-state index >= 15 is 0 Å². The average Bonchev–Trinajstić information content (AvgIpc) is 3.08. The van der Waals surface area contributed by atoms with Crippen LogP contribution in [0.25, 0.3) is 4.96 Å². The van der Waals surface area contributed by atoms with Gasteiger partial charge >= 0.3 is 0 Å². The fourth-order valence-corrected chi connectivity index (χ4v) is 3.21. The van der Waals surface area contributed by atoms with E-state index in [0.717, 1.165) is 28.9 Å². The average molecular weight is 318 g/mol. The first-order valence-electron chi connectivity index (χ1n) is 7.46. The summed E-state index contributed by atoms with van der Waals surface area (Å²) in [6, 6.07) is 0. The third kappa shape index (κ3) is 2.85. The molecule has 3 heterocycles. The van der Waals surface area contributed by atoms with Gasteiger partial charge in [-0.2, -0.15) is 5.10 Å². The summed E-state index contributed by atoms with van der Waals surface area (Å²) >= 11 is 1.63. The number of hydrogen-bond acceptors (Lipinski definition) is 5. The van der Waals surface area contributed by atoms with Crippen LogP contribution in [0.15, 0.2) is 18.6 Å². The van der Waals surface area contributed by atoms with Gasteiger partial charge in [0.15, 0.2) is 0 Å². The molecular weight excluding hydrogens is 296 g/mol. The Bertz CT molecular complexity index is 744. The molecule has 7 heteroatoms. The minimum Gasteiger partial charge on any atom is -0.342 e. The molecule has 3 rings (SSSR count). The summed E-state index contributed by atoms with van der Waals surface area (Å²) in [6.07, 6.45) is 5.98. The Morgan fingerprint density at radius 2 is 2.05 bits per heavy atom. The van der Waals surface area contributed by atoms with Gasteiger partial charge in [0.05, 0.1) is 18.1 Å². The van der Waals surface area contributed by atoms with E-state index in [0.29, 0.717) is 0 Å². The smallest absolute Gasteiger partial charge is 0.214 e. The van der Waals surface area contributed by atoms with Gasteiger partial charge in [-0.3, -0.25) is 4.68 Å². The van der Waals surface area contributed by atoms with Crippen LogP contribution in [-0.4, -0.2) is 30.9 Å². The van der Waals surface area contributed by atoms with Crippen molar-refractivity contribution in [1.29, 1.82) is 0 Å². The number of fused-ring (bicyclic) bond motifs is 1. The van der Waals surface area contributed by atoms with E-state index in [9.17, 15) is 0 Å². The van der Waals surface area contributed by atoms with Crippen molar-refractivity contribution in [2.24, 2.45) is 7.05 Å².